The van der Waals surface area contributed by atoms with Crippen LogP contribution in [-0.2, 0) is 9.53 Å². The normalized spacial score (nSPS) is 14.2. The highest BCUT2D eigenvalue weighted by Crippen LogP contribution is 2.08. The topological polar surface area (TPSA) is 64.3 Å². The Balaban J connectivity index is 2.49. The average molecular weight is 222 g/mol. The van der Waals surface area contributed by atoms with Gasteiger partial charge in [-0.15, -0.1) is 0 Å². The van der Waals surface area contributed by atoms with Gasteiger partial charge in [0.1, 0.15) is 6.04 Å². The van der Waals surface area contributed by atoms with Gasteiger partial charge in [-0.05, 0) is 12.5 Å². The lowest BCUT2D eigenvalue weighted by Crippen LogP contribution is -2.38. The second kappa shape index (κ2) is 6.25. The number of hydrogen-bond donors (Lipinski definition) is 2. The van der Waals surface area contributed by atoms with E-state index in [0.29, 0.717) is 6.54 Å². The van der Waals surface area contributed by atoms with Crippen LogP contribution in [0.5, 0.6) is 0 Å². The fourth-order valence-electron chi connectivity index (χ4n) is 1.25. The van der Waals surface area contributed by atoms with Gasteiger partial charge in [-0.2, -0.15) is 0 Å². The van der Waals surface area contributed by atoms with E-state index in [2.05, 4.69) is 5.32 Å². The zero-order valence-electron chi connectivity index (χ0n) is 9.64. The zero-order valence-corrected chi connectivity index (χ0v) is 9.64. The molecule has 1 rings (SSSR count). The average Bonchev–Trinajstić information content (AvgIpc) is 2.35. The Morgan fingerprint density at radius 1 is 1.44 bits per heavy atom. The molecule has 1 unspecified atom stereocenters. The molecule has 0 saturated carbocycles. The second-order valence-electron chi connectivity index (χ2n) is 3.68. The van der Waals surface area contributed by atoms with Crippen LogP contribution >= 0.6 is 0 Å². The molecule has 4 heteroatoms. The summed E-state index contributed by atoms with van der Waals surface area (Å²) in [7, 11) is 1.61. The van der Waals surface area contributed by atoms with Crippen LogP contribution in [0.1, 0.15) is 18.5 Å². The number of nitrogens with two attached hydrogens (primary N) is 1. The Morgan fingerprint density at radius 2 is 2.06 bits per heavy atom. The van der Waals surface area contributed by atoms with Gasteiger partial charge in [-0.25, -0.2) is 0 Å². The Morgan fingerprint density at radius 3 is 2.62 bits per heavy atom. The first-order chi connectivity index (χ1) is 7.65. The summed E-state index contributed by atoms with van der Waals surface area (Å²) >= 11 is 0. The number of carbonyl (C=O) groups is 1. The minimum absolute atomic E-state index is 0.00748. The molecular formula is C12H18N2O2. The standard InChI is InChI=1S/C12H18N2O2/c1-9(16-2)8-14-12(15)11(13)10-6-4-3-5-7-10/h3-7,9,11H,8,13H2,1-2H3,(H,14,15)/t9?,11-/m0/s1. The predicted octanol–water partition coefficient (Wildman–Crippen LogP) is 0.838. The maximum Gasteiger partial charge on any atom is 0.241 e. The molecule has 0 aliphatic rings. The Kier molecular flexibility index (Phi) is 4.95. The summed E-state index contributed by atoms with van der Waals surface area (Å²) in [4.78, 5) is 11.7. The predicted molar refractivity (Wildman–Crippen MR) is 62.9 cm³/mol. The molecule has 0 aliphatic carbocycles. The van der Waals surface area contributed by atoms with E-state index in [0.717, 1.165) is 5.56 Å². The van der Waals surface area contributed by atoms with Crippen LogP contribution in [0, 0.1) is 0 Å². The van der Waals surface area contributed by atoms with Crippen LogP contribution in [0.15, 0.2) is 30.3 Å². The maximum absolute atomic E-state index is 11.7. The molecule has 0 radical (unpaired) electrons. The SMILES string of the molecule is COC(C)CNC(=O)[C@@H](N)c1ccccc1. The number of rotatable bonds is 5. The third-order valence-electron chi connectivity index (χ3n) is 2.41. The molecule has 1 aromatic carbocycles. The van der Waals surface area contributed by atoms with Crippen LogP contribution in [-0.4, -0.2) is 25.7 Å². The highest BCUT2D eigenvalue weighted by Gasteiger charge is 2.15. The highest BCUT2D eigenvalue weighted by atomic mass is 16.5. The van der Waals surface area contributed by atoms with Crippen LogP contribution in [0.2, 0.25) is 0 Å². The summed E-state index contributed by atoms with van der Waals surface area (Å²) in [5.41, 5.74) is 6.62. The van der Waals surface area contributed by atoms with Crippen molar-refractivity contribution in [3.8, 4) is 0 Å². The molecule has 0 aromatic heterocycles. The van der Waals surface area contributed by atoms with Crippen molar-refractivity contribution in [3.05, 3.63) is 35.9 Å². The van der Waals surface area contributed by atoms with Gasteiger partial charge in [0.2, 0.25) is 5.91 Å². The lowest BCUT2D eigenvalue weighted by molar-refractivity contribution is -0.123. The van der Waals surface area contributed by atoms with Gasteiger partial charge in [0.25, 0.3) is 0 Å². The molecule has 4 nitrogen and oxygen atoms in total. The fourth-order valence-corrected chi connectivity index (χ4v) is 1.25. The van der Waals surface area contributed by atoms with Gasteiger partial charge < -0.3 is 15.8 Å². The largest absolute Gasteiger partial charge is 0.380 e. The lowest BCUT2D eigenvalue weighted by atomic mass is 10.1. The van der Waals surface area contributed by atoms with Crippen molar-refractivity contribution >= 4 is 5.91 Å². The first-order valence-electron chi connectivity index (χ1n) is 5.26. The third kappa shape index (κ3) is 3.64. The van der Waals surface area contributed by atoms with E-state index >= 15 is 0 Å². The quantitative estimate of drug-likeness (QED) is 0.776. The highest BCUT2D eigenvalue weighted by molar-refractivity contribution is 5.82. The van der Waals surface area contributed by atoms with Gasteiger partial charge in [-0.1, -0.05) is 30.3 Å². The number of amides is 1. The monoisotopic (exact) mass is 222 g/mol. The Hall–Kier alpha value is -1.39. The van der Waals surface area contributed by atoms with E-state index in [9.17, 15) is 4.79 Å². The number of benzene rings is 1. The van der Waals surface area contributed by atoms with Crippen molar-refractivity contribution in [2.75, 3.05) is 13.7 Å². The van der Waals surface area contributed by atoms with Crippen LogP contribution in [0.4, 0.5) is 0 Å². The van der Waals surface area contributed by atoms with Crippen molar-refractivity contribution in [3.63, 3.8) is 0 Å². The number of carbonyl (C=O) groups excluding carboxylic acids is 1. The van der Waals surface area contributed by atoms with Gasteiger partial charge in [0.15, 0.2) is 0 Å². The van der Waals surface area contributed by atoms with E-state index in [-0.39, 0.29) is 12.0 Å². The summed E-state index contributed by atoms with van der Waals surface area (Å²) in [6.45, 7) is 2.35. The van der Waals surface area contributed by atoms with E-state index in [1.807, 2.05) is 37.3 Å². The molecule has 2 atom stereocenters. The van der Waals surface area contributed by atoms with Crippen molar-refractivity contribution < 1.29 is 9.53 Å². The van der Waals surface area contributed by atoms with Crippen molar-refractivity contribution in [2.45, 2.75) is 19.1 Å². The summed E-state index contributed by atoms with van der Waals surface area (Å²) < 4.78 is 5.03. The first kappa shape index (κ1) is 12.7. The van der Waals surface area contributed by atoms with Crippen LogP contribution < -0.4 is 11.1 Å². The Labute approximate surface area is 95.8 Å². The van der Waals surface area contributed by atoms with Crippen LogP contribution in [0.3, 0.4) is 0 Å². The summed E-state index contributed by atoms with van der Waals surface area (Å²) in [6, 6.07) is 8.67. The molecular weight excluding hydrogens is 204 g/mol. The second-order valence-corrected chi connectivity index (χ2v) is 3.68. The molecule has 1 aromatic rings. The van der Waals surface area contributed by atoms with Crippen molar-refractivity contribution in [1.29, 1.82) is 0 Å². The molecule has 0 aliphatic heterocycles. The number of ether oxygens (including phenoxy) is 1. The van der Waals surface area contributed by atoms with E-state index in [1.165, 1.54) is 0 Å². The summed E-state index contributed by atoms with van der Waals surface area (Å²) in [6.07, 6.45) is -0.00748. The van der Waals surface area contributed by atoms with E-state index in [4.69, 9.17) is 10.5 Å². The molecule has 0 bridgehead atoms. The van der Waals surface area contributed by atoms with Crippen LogP contribution in [0.25, 0.3) is 0 Å². The van der Waals surface area contributed by atoms with Crippen molar-refractivity contribution in [2.24, 2.45) is 5.73 Å². The lowest BCUT2D eigenvalue weighted by Gasteiger charge is -2.15. The minimum atomic E-state index is -0.620. The molecule has 16 heavy (non-hydrogen) atoms. The van der Waals surface area contributed by atoms with Gasteiger partial charge in [0.05, 0.1) is 6.10 Å². The number of nitrogens with one attached hydrogen (secondary N) is 1. The summed E-state index contributed by atoms with van der Waals surface area (Å²) in [5.74, 6) is -0.185. The minimum Gasteiger partial charge on any atom is -0.380 e. The first-order valence-corrected chi connectivity index (χ1v) is 5.26. The molecule has 0 saturated heterocycles. The number of hydrogen-bond acceptors (Lipinski definition) is 3. The van der Waals surface area contributed by atoms with Crippen molar-refractivity contribution in [1.82, 2.24) is 5.32 Å². The zero-order chi connectivity index (χ0) is 12.0. The third-order valence-corrected chi connectivity index (χ3v) is 2.41. The molecule has 0 spiro atoms. The van der Waals surface area contributed by atoms with Gasteiger partial charge in [-0.3, -0.25) is 4.79 Å². The fraction of sp³-hybridized carbons (Fsp3) is 0.417. The molecule has 1 amide bonds. The Bertz CT molecular complexity index is 327. The smallest absolute Gasteiger partial charge is 0.241 e. The number of methoxy groups -OCH3 is 1. The molecule has 88 valence electrons. The van der Waals surface area contributed by atoms with E-state index < -0.39 is 6.04 Å². The molecule has 0 fully saturated rings. The molecule has 0 heterocycles. The summed E-state index contributed by atoms with van der Waals surface area (Å²) in [5, 5.41) is 2.74. The van der Waals surface area contributed by atoms with E-state index in [1.54, 1.807) is 7.11 Å². The van der Waals surface area contributed by atoms with Gasteiger partial charge in [0, 0.05) is 13.7 Å². The maximum atomic E-state index is 11.7. The van der Waals surface area contributed by atoms with Gasteiger partial charge >= 0.3 is 0 Å². The molecule has 3 N–H and O–H groups in total.